The molecule has 0 bridgehead atoms. The van der Waals surface area contributed by atoms with Crippen molar-refractivity contribution < 1.29 is 4.79 Å². The first-order chi connectivity index (χ1) is 12.0. The number of rotatable bonds is 4. The van der Waals surface area contributed by atoms with E-state index >= 15 is 0 Å². The van der Waals surface area contributed by atoms with Crippen LogP contribution in [0.4, 0.5) is 11.5 Å². The lowest BCUT2D eigenvalue weighted by Crippen LogP contribution is -2.44. The number of anilines is 2. The van der Waals surface area contributed by atoms with Crippen LogP contribution in [0, 0.1) is 0 Å². The fourth-order valence-corrected chi connectivity index (χ4v) is 2.91. The second-order valence-electron chi connectivity index (χ2n) is 6.90. The number of nitrogens with one attached hydrogen (secondary N) is 1. The summed E-state index contributed by atoms with van der Waals surface area (Å²) in [5.74, 6) is 1.18. The third-order valence-electron chi connectivity index (χ3n) is 4.63. The molecule has 5 nitrogen and oxygen atoms in total. The Morgan fingerprint density at radius 3 is 2.36 bits per heavy atom. The molecule has 25 heavy (non-hydrogen) atoms. The van der Waals surface area contributed by atoms with Crippen LogP contribution >= 0.6 is 0 Å². The van der Waals surface area contributed by atoms with E-state index < -0.39 is 0 Å². The third-order valence-corrected chi connectivity index (χ3v) is 4.63. The zero-order chi connectivity index (χ0) is 17.8. The second kappa shape index (κ2) is 7.66. The molecule has 0 aliphatic carbocycles. The molecule has 0 unspecified atom stereocenters. The Labute approximate surface area is 149 Å². The largest absolute Gasteiger partial charge is 0.354 e. The van der Waals surface area contributed by atoms with Gasteiger partial charge in [0, 0.05) is 31.9 Å². The van der Waals surface area contributed by atoms with Crippen molar-refractivity contribution in [2.45, 2.75) is 19.8 Å². The first-order valence-electron chi connectivity index (χ1n) is 8.85. The van der Waals surface area contributed by atoms with Crippen LogP contribution in [0.25, 0.3) is 0 Å². The quantitative estimate of drug-likeness (QED) is 0.930. The number of hydrogen-bond donors (Lipinski definition) is 1. The van der Waals surface area contributed by atoms with E-state index in [1.807, 2.05) is 36.4 Å². The summed E-state index contributed by atoms with van der Waals surface area (Å²) >= 11 is 0. The third kappa shape index (κ3) is 4.37. The van der Waals surface area contributed by atoms with Gasteiger partial charge < -0.3 is 15.1 Å². The molecule has 0 spiro atoms. The Bertz CT molecular complexity index is 719. The van der Waals surface area contributed by atoms with Gasteiger partial charge in [-0.15, -0.1) is 0 Å². The van der Waals surface area contributed by atoms with Crippen molar-refractivity contribution in [3.8, 4) is 0 Å². The van der Waals surface area contributed by atoms with Crippen molar-refractivity contribution in [1.82, 2.24) is 9.88 Å². The van der Waals surface area contributed by atoms with E-state index in [1.54, 1.807) is 6.07 Å². The summed E-state index contributed by atoms with van der Waals surface area (Å²) in [6, 6.07) is 13.6. The zero-order valence-corrected chi connectivity index (χ0v) is 15.2. The van der Waals surface area contributed by atoms with Gasteiger partial charge in [-0.3, -0.25) is 4.79 Å². The van der Waals surface area contributed by atoms with Crippen LogP contribution < -0.4 is 10.2 Å². The standard InChI is InChI=1S/C20H26N4O/c1-15(2)16-7-9-17(10-8-16)21-20(25)18-5-4-6-19(22-18)24-13-11-23(3)12-14-24/h4-10,15H,11-14H2,1-3H3,(H,21,25). The van der Waals surface area contributed by atoms with Crippen molar-refractivity contribution in [1.29, 1.82) is 0 Å². The summed E-state index contributed by atoms with van der Waals surface area (Å²) < 4.78 is 0. The minimum atomic E-state index is -0.173. The summed E-state index contributed by atoms with van der Waals surface area (Å²) in [6.07, 6.45) is 0. The summed E-state index contributed by atoms with van der Waals surface area (Å²) in [6.45, 7) is 8.21. The molecule has 0 atom stereocenters. The van der Waals surface area contributed by atoms with Gasteiger partial charge >= 0.3 is 0 Å². The molecule has 2 aromatic rings. The summed E-state index contributed by atoms with van der Waals surface area (Å²) in [4.78, 5) is 21.6. The minimum Gasteiger partial charge on any atom is -0.354 e. The Balaban J connectivity index is 1.68. The lowest BCUT2D eigenvalue weighted by atomic mass is 10.0. The molecule has 0 saturated carbocycles. The van der Waals surface area contributed by atoms with Gasteiger partial charge in [-0.2, -0.15) is 0 Å². The highest BCUT2D eigenvalue weighted by molar-refractivity contribution is 6.03. The SMILES string of the molecule is CC(C)c1ccc(NC(=O)c2cccc(N3CCN(C)CC3)n2)cc1. The molecule has 2 heterocycles. The lowest BCUT2D eigenvalue weighted by Gasteiger charge is -2.33. The van der Waals surface area contributed by atoms with E-state index in [4.69, 9.17) is 0 Å². The number of piperazine rings is 1. The number of carbonyl (C=O) groups is 1. The summed E-state index contributed by atoms with van der Waals surface area (Å²) in [5.41, 5.74) is 2.50. The first kappa shape index (κ1) is 17.4. The maximum Gasteiger partial charge on any atom is 0.274 e. The highest BCUT2D eigenvalue weighted by Crippen LogP contribution is 2.18. The van der Waals surface area contributed by atoms with Gasteiger partial charge in [-0.05, 0) is 42.8 Å². The van der Waals surface area contributed by atoms with Crippen molar-refractivity contribution in [2.75, 3.05) is 43.4 Å². The van der Waals surface area contributed by atoms with E-state index in [-0.39, 0.29) is 5.91 Å². The summed E-state index contributed by atoms with van der Waals surface area (Å²) in [7, 11) is 2.12. The Kier molecular flexibility index (Phi) is 5.34. The number of hydrogen-bond acceptors (Lipinski definition) is 4. The second-order valence-corrected chi connectivity index (χ2v) is 6.90. The van der Waals surface area contributed by atoms with Crippen molar-refractivity contribution >= 4 is 17.4 Å². The van der Waals surface area contributed by atoms with Crippen LogP contribution in [0.2, 0.25) is 0 Å². The van der Waals surface area contributed by atoms with E-state index in [0.717, 1.165) is 37.7 Å². The maximum atomic E-state index is 12.5. The van der Waals surface area contributed by atoms with Crippen LogP contribution in [-0.4, -0.2) is 49.0 Å². The molecular formula is C20H26N4O. The van der Waals surface area contributed by atoms with Gasteiger partial charge in [0.25, 0.3) is 5.91 Å². The normalized spacial score (nSPS) is 15.4. The van der Waals surface area contributed by atoms with Crippen LogP contribution in [-0.2, 0) is 0 Å². The van der Waals surface area contributed by atoms with Gasteiger partial charge in [-0.25, -0.2) is 4.98 Å². The zero-order valence-electron chi connectivity index (χ0n) is 15.2. The van der Waals surface area contributed by atoms with Crippen molar-refractivity contribution in [3.05, 3.63) is 53.7 Å². The monoisotopic (exact) mass is 338 g/mol. The van der Waals surface area contributed by atoms with E-state index in [2.05, 4.69) is 41.0 Å². The summed E-state index contributed by atoms with van der Waals surface area (Å²) in [5, 5.41) is 2.93. The smallest absolute Gasteiger partial charge is 0.274 e. The molecule has 0 radical (unpaired) electrons. The highest BCUT2D eigenvalue weighted by Gasteiger charge is 2.17. The predicted molar refractivity (Wildman–Crippen MR) is 102 cm³/mol. The molecule has 132 valence electrons. The Morgan fingerprint density at radius 1 is 1.04 bits per heavy atom. The molecule has 1 N–H and O–H groups in total. The molecule has 1 amide bonds. The molecule has 5 heteroatoms. The number of pyridine rings is 1. The van der Waals surface area contributed by atoms with Crippen LogP contribution in [0.1, 0.15) is 35.8 Å². The van der Waals surface area contributed by atoms with Crippen LogP contribution in [0.5, 0.6) is 0 Å². The van der Waals surface area contributed by atoms with E-state index in [1.165, 1.54) is 5.56 Å². The number of benzene rings is 1. The van der Waals surface area contributed by atoms with Crippen molar-refractivity contribution in [2.24, 2.45) is 0 Å². The van der Waals surface area contributed by atoms with Gasteiger partial charge in [0.15, 0.2) is 0 Å². The van der Waals surface area contributed by atoms with E-state index in [0.29, 0.717) is 11.6 Å². The minimum absolute atomic E-state index is 0.173. The molecule has 1 aliphatic heterocycles. The van der Waals surface area contributed by atoms with Gasteiger partial charge in [-0.1, -0.05) is 32.0 Å². The van der Waals surface area contributed by atoms with Gasteiger partial charge in [0.05, 0.1) is 0 Å². The van der Waals surface area contributed by atoms with Gasteiger partial charge in [0.1, 0.15) is 11.5 Å². The number of carbonyl (C=O) groups excluding carboxylic acids is 1. The molecule has 1 aliphatic rings. The molecule has 3 rings (SSSR count). The number of nitrogens with zero attached hydrogens (tertiary/aromatic N) is 3. The Morgan fingerprint density at radius 2 is 1.72 bits per heavy atom. The topological polar surface area (TPSA) is 48.5 Å². The molecule has 1 fully saturated rings. The lowest BCUT2D eigenvalue weighted by molar-refractivity contribution is 0.102. The fraction of sp³-hybridized carbons (Fsp3) is 0.400. The van der Waals surface area contributed by atoms with Crippen LogP contribution in [0.15, 0.2) is 42.5 Å². The molecule has 1 aromatic carbocycles. The van der Waals surface area contributed by atoms with Crippen molar-refractivity contribution in [3.63, 3.8) is 0 Å². The fourth-order valence-electron chi connectivity index (χ4n) is 2.91. The van der Waals surface area contributed by atoms with E-state index in [9.17, 15) is 4.79 Å². The van der Waals surface area contributed by atoms with Gasteiger partial charge in [0.2, 0.25) is 0 Å². The predicted octanol–water partition coefficient (Wildman–Crippen LogP) is 3.21. The molecule has 1 saturated heterocycles. The molecular weight excluding hydrogens is 312 g/mol. The maximum absolute atomic E-state index is 12.5. The number of likely N-dealkylation sites (N-methyl/N-ethyl adjacent to an activating group) is 1. The number of aromatic nitrogens is 1. The highest BCUT2D eigenvalue weighted by atomic mass is 16.1. The first-order valence-corrected chi connectivity index (χ1v) is 8.85. The number of amides is 1. The average Bonchev–Trinajstić information content (AvgIpc) is 2.63. The Hall–Kier alpha value is -2.40. The average molecular weight is 338 g/mol. The molecule has 1 aromatic heterocycles. The van der Waals surface area contributed by atoms with Crippen LogP contribution in [0.3, 0.4) is 0 Å².